The number of thiophene rings is 1. The highest BCUT2D eigenvalue weighted by atomic mass is 35.5. The van der Waals surface area contributed by atoms with Crippen LogP contribution in [-0.4, -0.2) is 41.3 Å². The zero-order valence-electron chi connectivity index (χ0n) is 14.6. The van der Waals surface area contributed by atoms with Gasteiger partial charge in [0.05, 0.1) is 5.75 Å². The van der Waals surface area contributed by atoms with Gasteiger partial charge in [-0.3, -0.25) is 4.79 Å². The van der Waals surface area contributed by atoms with E-state index in [2.05, 4.69) is 34.4 Å². The molecule has 0 radical (unpaired) electrons. The van der Waals surface area contributed by atoms with Gasteiger partial charge in [0.1, 0.15) is 16.2 Å². The summed E-state index contributed by atoms with van der Waals surface area (Å²) >= 11 is 3.19. The summed E-state index contributed by atoms with van der Waals surface area (Å²) in [6.07, 6.45) is 5.17. The molecule has 1 atom stereocenters. The number of piperidine rings is 1. The summed E-state index contributed by atoms with van der Waals surface area (Å²) in [5.74, 6) is 1.19. The fourth-order valence-corrected chi connectivity index (χ4v) is 4.98. The summed E-state index contributed by atoms with van der Waals surface area (Å²) < 4.78 is 0. The monoisotopic (exact) mass is 400 g/mol. The van der Waals surface area contributed by atoms with Crippen molar-refractivity contribution in [1.29, 1.82) is 0 Å². The number of amides is 1. The lowest BCUT2D eigenvalue weighted by Gasteiger charge is -2.22. The largest absolute Gasteiger partial charge is 0.355 e. The van der Waals surface area contributed by atoms with Gasteiger partial charge in [-0.05, 0) is 57.7 Å². The number of fused-ring (bicyclic) bond motifs is 1. The van der Waals surface area contributed by atoms with E-state index in [1.165, 1.54) is 35.0 Å². The van der Waals surface area contributed by atoms with E-state index in [1.807, 2.05) is 0 Å². The number of halogens is 1. The molecule has 0 aromatic carbocycles. The first-order valence-electron chi connectivity index (χ1n) is 8.46. The number of carbonyl (C=O) groups is 1. The summed E-state index contributed by atoms with van der Waals surface area (Å²) in [4.78, 5) is 23.1. The van der Waals surface area contributed by atoms with Gasteiger partial charge in [-0.2, -0.15) is 0 Å². The summed E-state index contributed by atoms with van der Waals surface area (Å²) in [6.45, 7) is 7.18. The molecule has 1 fully saturated rings. The van der Waals surface area contributed by atoms with Crippen LogP contribution in [0.25, 0.3) is 10.2 Å². The van der Waals surface area contributed by atoms with Gasteiger partial charge >= 0.3 is 0 Å². The maximum absolute atomic E-state index is 12.1. The summed E-state index contributed by atoms with van der Waals surface area (Å²) in [6, 6.07) is 0. The molecule has 0 aliphatic carbocycles. The molecule has 1 aliphatic heterocycles. The number of aromatic nitrogens is 2. The van der Waals surface area contributed by atoms with E-state index < -0.39 is 0 Å². The third-order valence-corrected chi connectivity index (χ3v) is 6.65. The molecular weight excluding hydrogens is 376 g/mol. The first-order chi connectivity index (χ1) is 11.6. The molecule has 8 heteroatoms. The van der Waals surface area contributed by atoms with Crippen molar-refractivity contribution in [1.82, 2.24) is 20.6 Å². The number of nitrogens with one attached hydrogen (secondary N) is 2. The molecule has 2 aromatic heterocycles. The van der Waals surface area contributed by atoms with Crippen molar-refractivity contribution in [2.45, 2.75) is 38.1 Å². The van der Waals surface area contributed by atoms with Crippen molar-refractivity contribution in [3.63, 3.8) is 0 Å². The zero-order chi connectivity index (χ0) is 16.9. The fraction of sp³-hybridized carbons (Fsp3) is 0.588. The molecule has 1 amide bonds. The third kappa shape index (κ3) is 5.29. The molecule has 0 saturated carbocycles. The number of rotatable bonds is 6. The van der Waals surface area contributed by atoms with E-state index >= 15 is 0 Å². The Hall–Kier alpha value is -0.890. The van der Waals surface area contributed by atoms with Crippen LogP contribution in [-0.2, 0) is 4.79 Å². The van der Waals surface area contributed by atoms with Crippen molar-refractivity contribution in [3.05, 3.63) is 16.8 Å². The van der Waals surface area contributed by atoms with Crippen LogP contribution in [0.4, 0.5) is 0 Å². The van der Waals surface area contributed by atoms with E-state index in [4.69, 9.17) is 0 Å². The fourth-order valence-electron chi connectivity index (χ4n) is 3.03. The quantitative estimate of drug-likeness (QED) is 0.575. The molecule has 2 N–H and O–H groups in total. The lowest BCUT2D eigenvalue weighted by molar-refractivity contribution is -0.118. The van der Waals surface area contributed by atoms with Crippen LogP contribution in [0.2, 0.25) is 0 Å². The molecule has 5 nitrogen and oxygen atoms in total. The Morgan fingerprint density at radius 1 is 1.44 bits per heavy atom. The highest BCUT2D eigenvalue weighted by Crippen LogP contribution is 2.34. The second kappa shape index (κ2) is 9.71. The first-order valence-corrected chi connectivity index (χ1v) is 10.3. The normalized spacial score (nSPS) is 17.3. The maximum atomic E-state index is 12.1. The average Bonchev–Trinajstić information content (AvgIpc) is 2.89. The summed E-state index contributed by atoms with van der Waals surface area (Å²) in [5, 5.41) is 8.47. The Kier molecular flexibility index (Phi) is 7.93. The number of hydrogen-bond acceptors (Lipinski definition) is 6. The van der Waals surface area contributed by atoms with Crippen molar-refractivity contribution in [3.8, 4) is 0 Å². The van der Waals surface area contributed by atoms with Gasteiger partial charge in [0.15, 0.2) is 0 Å². The van der Waals surface area contributed by atoms with E-state index in [0.717, 1.165) is 41.3 Å². The van der Waals surface area contributed by atoms with Gasteiger partial charge in [-0.1, -0.05) is 11.8 Å². The number of hydrogen-bond donors (Lipinski definition) is 2. The van der Waals surface area contributed by atoms with Crippen LogP contribution in [0.3, 0.4) is 0 Å². The Bertz CT molecular complexity index is 716. The predicted molar refractivity (Wildman–Crippen MR) is 108 cm³/mol. The van der Waals surface area contributed by atoms with Crippen LogP contribution in [0.15, 0.2) is 11.4 Å². The molecule has 1 aliphatic rings. The molecule has 2 aromatic rings. The van der Waals surface area contributed by atoms with E-state index in [9.17, 15) is 4.79 Å². The minimum absolute atomic E-state index is 0. The van der Waals surface area contributed by atoms with Gasteiger partial charge in [-0.25, -0.2) is 9.97 Å². The van der Waals surface area contributed by atoms with Crippen molar-refractivity contribution < 1.29 is 4.79 Å². The second-order valence-corrected chi connectivity index (χ2v) is 8.45. The first kappa shape index (κ1) is 20.4. The smallest absolute Gasteiger partial charge is 0.230 e. The molecule has 1 saturated heterocycles. The Balaban J connectivity index is 0.00000225. The van der Waals surface area contributed by atoms with Gasteiger partial charge in [0.2, 0.25) is 5.91 Å². The summed E-state index contributed by atoms with van der Waals surface area (Å²) in [5.41, 5.74) is 1.23. The van der Waals surface area contributed by atoms with Crippen molar-refractivity contribution in [2.75, 3.05) is 25.4 Å². The standard InChI is InChI=1S/C17H24N4OS2.ClH/c1-11-12(2)24-17-15(11)16(20-10-21-17)23-9-14(22)19-7-5-13-4-3-6-18-8-13;/h10,13,18H,3-9H2,1-2H3,(H,19,22);1H. The van der Waals surface area contributed by atoms with Gasteiger partial charge < -0.3 is 10.6 Å². The summed E-state index contributed by atoms with van der Waals surface area (Å²) in [7, 11) is 0. The van der Waals surface area contributed by atoms with E-state index in [1.54, 1.807) is 17.7 Å². The van der Waals surface area contributed by atoms with Crippen LogP contribution in [0, 0.1) is 19.8 Å². The van der Waals surface area contributed by atoms with Crippen LogP contribution >= 0.6 is 35.5 Å². The third-order valence-electron chi connectivity index (χ3n) is 4.54. The van der Waals surface area contributed by atoms with E-state index in [0.29, 0.717) is 11.7 Å². The van der Waals surface area contributed by atoms with Crippen LogP contribution in [0.1, 0.15) is 29.7 Å². The van der Waals surface area contributed by atoms with Gasteiger partial charge in [-0.15, -0.1) is 23.7 Å². The molecular formula is C17H25ClN4OS2. The molecule has 138 valence electrons. The SMILES string of the molecule is Cc1sc2ncnc(SCC(=O)NCCC3CCCNC3)c2c1C.Cl. The zero-order valence-corrected chi connectivity index (χ0v) is 17.1. The predicted octanol–water partition coefficient (Wildman–Crippen LogP) is 3.33. The topological polar surface area (TPSA) is 66.9 Å². The number of nitrogens with zero attached hydrogens (tertiary/aromatic N) is 2. The highest BCUT2D eigenvalue weighted by molar-refractivity contribution is 8.00. The maximum Gasteiger partial charge on any atom is 0.230 e. The Morgan fingerprint density at radius 2 is 2.28 bits per heavy atom. The minimum Gasteiger partial charge on any atom is -0.355 e. The average molecular weight is 401 g/mol. The lowest BCUT2D eigenvalue weighted by Crippen LogP contribution is -2.33. The van der Waals surface area contributed by atoms with Crippen LogP contribution < -0.4 is 10.6 Å². The van der Waals surface area contributed by atoms with E-state index in [-0.39, 0.29) is 18.3 Å². The molecule has 0 bridgehead atoms. The van der Waals surface area contributed by atoms with Gasteiger partial charge in [0, 0.05) is 16.8 Å². The molecule has 25 heavy (non-hydrogen) atoms. The lowest BCUT2D eigenvalue weighted by atomic mass is 9.96. The van der Waals surface area contributed by atoms with Gasteiger partial charge in [0.25, 0.3) is 0 Å². The Morgan fingerprint density at radius 3 is 3.04 bits per heavy atom. The molecule has 1 unspecified atom stereocenters. The molecule has 0 spiro atoms. The van der Waals surface area contributed by atoms with Crippen molar-refractivity contribution >= 4 is 51.6 Å². The highest BCUT2D eigenvalue weighted by Gasteiger charge is 2.15. The minimum atomic E-state index is 0. The number of aryl methyl sites for hydroxylation is 2. The number of thioether (sulfide) groups is 1. The second-order valence-electron chi connectivity index (χ2n) is 6.28. The molecule has 3 heterocycles. The molecule has 3 rings (SSSR count). The van der Waals surface area contributed by atoms with Crippen molar-refractivity contribution in [2.24, 2.45) is 5.92 Å². The Labute approximate surface area is 163 Å². The number of carbonyl (C=O) groups excluding carboxylic acids is 1. The van der Waals surface area contributed by atoms with Crippen LogP contribution in [0.5, 0.6) is 0 Å².